The maximum atomic E-state index is 10.2. The summed E-state index contributed by atoms with van der Waals surface area (Å²) in [6.45, 7) is 3.34. The summed E-state index contributed by atoms with van der Waals surface area (Å²) in [6.07, 6.45) is 2.17. The van der Waals surface area contributed by atoms with Crippen LogP contribution >= 0.6 is 0 Å². The molecule has 1 spiro atoms. The first-order valence-electron chi connectivity index (χ1n) is 7.31. The van der Waals surface area contributed by atoms with E-state index in [1.54, 1.807) is 0 Å². The summed E-state index contributed by atoms with van der Waals surface area (Å²) in [7, 11) is 0. The minimum Gasteiger partial charge on any atom is -0.392 e. The molecule has 3 rings (SSSR count). The van der Waals surface area contributed by atoms with Crippen LogP contribution in [0.4, 0.5) is 0 Å². The van der Waals surface area contributed by atoms with E-state index in [-0.39, 0.29) is 11.8 Å². The van der Waals surface area contributed by atoms with Gasteiger partial charge in [0.1, 0.15) is 6.10 Å². The molecule has 4 heteroatoms. The number of hydrogen-bond acceptors (Lipinski definition) is 4. The SMILES string of the molecule is CCCC(O)C#CC1C(O)CC2C1CC21OCCO1. The second-order valence-electron chi connectivity index (χ2n) is 5.91. The summed E-state index contributed by atoms with van der Waals surface area (Å²) in [6, 6.07) is 0. The van der Waals surface area contributed by atoms with Crippen LogP contribution in [0.15, 0.2) is 0 Å². The van der Waals surface area contributed by atoms with Crippen molar-refractivity contribution in [1.82, 2.24) is 0 Å². The van der Waals surface area contributed by atoms with Gasteiger partial charge in [-0.15, -0.1) is 0 Å². The molecule has 1 saturated heterocycles. The third kappa shape index (κ3) is 2.19. The molecule has 0 aromatic carbocycles. The smallest absolute Gasteiger partial charge is 0.172 e. The van der Waals surface area contributed by atoms with Crippen LogP contribution in [-0.2, 0) is 9.47 Å². The van der Waals surface area contributed by atoms with E-state index in [1.165, 1.54) is 0 Å². The van der Waals surface area contributed by atoms with Crippen molar-refractivity contribution in [1.29, 1.82) is 0 Å². The van der Waals surface area contributed by atoms with Crippen molar-refractivity contribution < 1.29 is 19.7 Å². The van der Waals surface area contributed by atoms with Gasteiger partial charge >= 0.3 is 0 Å². The van der Waals surface area contributed by atoms with Gasteiger partial charge in [0.15, 0.2) is 5.79 Å². The zero-order valence-electron chi connectivity index (χ0n) is 11.3. The fourth-order valence-electron chi connectivity index (χ4n) is 3.76. The second kappa shape index (κ2) is 5.06. The molecule has 5 unspecified atom stereocenters. The Morgan fingerprint density at radius 3 is 2.79 bits per heavy atom. The van der Waals surface area contributed by atoms with Crippen LogP contribution < -0.4 is 0 Å². The van der Waals surface area contributed by atoms with Gasteiger partial charge in [-0.05, 0) is 18.8 Å². The van der Waals surface area contributed by atoms with E-state index in [0.717, 1.165) is 12.8 Å². The van der Waals surface area contributed by atoms with Crippen molar-refractivity contribution >= 4 is 0 Å². The molecule has 0 bridgehead atoms. The summed E-state index contributed by atoms with van der Waals surface area (Å²) in [5.74, 6) is 6.14. The number of ether oxygens (including phenoxy) is 2. The largest absolute Gasteiger partial charge is 0.392 e. The maximum absolute atomic E-state index is 10.2. The Balaban J connectivity index is 1.65. The van der Waals surface area contributed by atoms with Crippen LogP contribution in [0.2, 0.25) is 0 Å². The van der Waals surface area contributed by atoms with Gasteiger partial charge in [-0.2, -0.15) is 0 Å². The van der Waals surface area contributed by atoms with E-state index in [0.29, 0.717) is 32.0 Å². The van der Waals surface area contributed by atoms with E-state index in [9.17, 15) is 10.2 Å². The molecule has 1 aliphatic heterocycles. The Bertz CT molecular complexity index is 391. The molecule has 3 fully saturated rings. The standard InChI is InChI=1S/C15H22O4/c1-2-3-10(16)4-5-11-12-9-15(18-6-7-19-15)13(12)8-14(11)17/h10-14,16-17H,2-3,6-9H2,1H3. The molecule has 4 nitrogen and oxygen atoms in total. The van der Waals surface area contributed by atoms with E-state index in [1.807, 2.05) is 6.92 Å². The van der Waals surface area contributed by atoms with Gasteiger partial charge in [-0.25, -0.2) is 0 Å². The highest BCUT2D eigenvalue weighted by Gasteiger charge is 2.64. The molecular weight excluding hydrogens is 244 g/mol. The van der Waals surface area contributed by atoms with Crippen molar-refractivity contribution in [2.24, 2.45) is 17.8 Å². The molecule has 2 saturated carbocycles. The average molecular weight is 266 g/mol. The molecule has 106 valence electrons. The monoisotopic (exact) mass is 266 g/mol. The predicted octanol–water partition coefficient (Wildman–Crippen LogP) is 0.911. The predicted molar refractivity (Wildman–Crippen MR) is 69.0 cm³/mol. The molecule has 0 aromatic rings. The van der Waals surface area contributed by atoms with Gasteiger partial charge in [-0.3, -0.25) is 0 Å². The lowest BCUT2D eigenvalue weighted by atomic mass is 9.67. The van der Waals surface area contributed by atoms with Crippen LogP contribution in [-0.4, -0.2) is 41.4 Å². The van der Waals surface area contributed by atoms with Crippen LogP contribution in [0, 0.1) is 29.6 Å². The Hall–Kier alpha value is -0.600. The molecule has 0 radical (unpaired) electrons. The van der Waals surface area contributed by atoms with Crippen molar-refractivity contribution in [3.8, 4) is 11.8 Å². The molecule has 19 heavy (non-hydrogen) atoms. The van der Waals surface area contributed by atoms with Crippen LogP contribution in [0.3, 0.4) is 0 Å². The van der Waals surface area contributed by atoms with Gasteiger partial charge in [0.05, 0.1) is 19.3 Å². The lowest BCUT2D eigenvalue weighted by molar-refractivity contribution is -0.270. The molecule has 0 aromatic heterocycles. The van der Waals surface area contributed by atoms with E-state index in [2.05, 4.69) is 11.8 Å². The third-order valence-corrected chi connectivity index (χ3v) is 4.73. The van der Waals surface area contributed by atoms with Gasteiger partial charge in [0.2, 0.25) is 0 Å². The fraction of sp³-hybridized carbons (Fsp3) is 0.867. The molecule has 1 heterocycles. The molecule has 3 aliphatic rings. The Morgan fingerprint density at radius 2 is 2.11 bits per heavy atom. The molecule has 0 amide bonds. The maximum Gasteiger partial charge on any atom is 0.172 e. The molecule has 2 aliphatic carbocycles. The fourth-order valence-corrected chi connectivity index (χ4v) is 3.76. The molecule has 2 N–H and O–H groups in total. The minimum atomic E-state index is -0.565. The highest BCUT2D eigenvalue weighted by atomic mass is 16.7. The van der Waals surface area contributed by atoms with Crippen molar-refractivity contribution in [2.45, 2.75) is 50.6 Å². The van der Waals surface area contributed by atoms with Crippen LogP contribution in [0.1, 0.15) is 32.6 Å². The van der Waals surface area contributed by atoms with Crippen LogP contribution in [0.25, 0.3) is 0 Å². The number of aliphatic hydroxyl groups excluding tert-OH is 2. The first kappa shape index (κ1) is 13.4. The van der Waals surface area contributed by atoms with Gasteiger partial charge < -0.3 is 19.7 Å². The lowest BCUT2D eigenvalue weighted by Crippen LogP contribution is -2.53. The van der Waals surface area contributed by atoms with E-state index in [4.69, 9.17) is 9.47 Å². The number of aliphatic hydroxyl groups is 2. The van der Waals surface area contributed by atoms with Crippen molar-refractivity contribution in [2.75, 3.05) is 13.2 Å². The van der Waals surface area contributed by atoms with E-state index < -0.39 is 18.0 Å². The average Bonchev–Trinajstić information content (AvgIpc) is 2.94. The Labute approximate surface area is 114 Å². The zero-order chi connectivity index (χ0) is 13.5. The normalized spacial score (nSPS) is 40.4. The van der Waals surface area contributed by atoms with Crippen molar-refractivity contribution in [3.05, 3.63) is 0 Å². The third-order valence-electron chi connectivity index (χ3n) is 4.73. The minimum absolute atomic E-state index is 0.0325. The van der Waals surface area contributed by atoms with E-state index >= 15 is 0 Å². The summed E-state index contributed by atoms with van der Waals surface area (Å²) in [5.41, 5.74) is 0. The first-order chi connectivity index (χ1) is 9.16. The number of rotatable bonds is 2. The topological polar surface area (TPSA) is 58.9 Å². The van der Waals surface area contributed by atoms with Gasteiger partial charge in [0.25, 0.3) is 0 Å². The summed E-state index contributed by atoms with van der Waals surface area (Å²) in [4.78, 5) is 0. The summed E-state index contributed by atoms with van der Waals surface area (Å²) < 4.78 is 11.4. The lowest BCUT2D eigenvalue weighted by Gasteiger charge is -2.48. The molecular formula is C15H22O4. The van der Waals surface area contributed by atoms with Gasteiger partial charge in [0, 0.05) is 18.3 Å². The first-order valence-corrected chi connectivity index (χ1v) is 7.31. The quantitative estimate of drug-likeness (QED) is 0.729. The summed E-state index contributed by atoms with van der Waals surface area (Å²) in [5, 5.41) is 19.8. The molecule has 5 atom stereocenters. The highest BCUT2D eigenvalue weighted by Crippen LogP contribution is 2.59. The Morgan fingerprint density at radius 1 is 1.37 bits per heavy atom. The highest BCUT2D eigenvalue weighted by molar-refractivity contribution is 5.19. The zero-order valence-corrected chi connectivity index (χ0v) is 11.3. The second-order valence-corrected chi connectivity index (χ2v) is 5.91. The Kier molecular flexibility index (Phi) is 3.57. The van der Waals surface area contributed by atoms with Crippen LogP contribution in [0.5, 0.6) is 0 Å². The van der Waals surface area contributed by atoms with Crippen molar-refractivity contribution in [3.63, 3.8) is 0 Å². The summed E-state index contributed by atoms with van der Waals surface area (Å²) >= 11 is 0. The number of fused-ring (bicyclic) bond motifs is 2. The number of hydrogen-bond donors (Lipinski definition) is 2. The van der Waals surface area contributed by atoms with Gasteiger partial charge in [-0.1, -0.05) is 25.2 Å².